The van der Waals surface area contributed by atoms with E-state index in [4.69, 9.17) is 4.52 Å². The molecule has 26 heavy (non-hydrogen) atoms. The van der Waals surface area contributed by atoms with E-state index >= 15 is 0 Å². The molecule has 0 radical (unpaired) electrons. The third kappa shape index (κ3) is 4.00. The summed E-state index contributed by atoms with van der Waals surface area (Å²) in [6.07, 6.45) is 0.675. The fourth-order valence-electron chi connectivity index (χ4n) is 2.59. The topological polar surface area (TPSA) is 63.4 Å². The number of rotatable bonds is 7. The van der Waals surface area contributed by atoms with Crippen LogP contribution < -0.4 is 0 Å². The van der Waals surface area contributed by atoms with Gasteiger partial charge in [0, 0.05) is 18.2 Å². The minimum atomic E-state index is -3.62. The second kappa shape index (κ2) is 7.80. The summed E-state index contributed by atoms with van der Waals surface area (Å²) in [4.78, 5) is 0.246. The molecule has 0 saturated carbocycles. The van der Waals surface area contributed by atoms with Crippen LogP contribution in [-0.2, 0) is 16.6 Å². The average molecular weight is 374 g/mol. The van der Waals surface area contributed by atoms with Gasteiger partial charge in [0.1, 0.15) is 5.82 Å². The summed E-state index contributed by atoms with van der Waals surface area (Å²) in [7, 11) is -3.62. The standard InChI is InChI=1S/C19H19FN2O3S/c1-2-12-22(26(23,24)18-6-4-3-5-7-18)14-17-13-19(25-21-17)15-8-10-16(20)11-9-15/h3-11,13H,2,12,14H2,1H3. The lowest BCUT2D eigenvalue weighted by Crippen LogP contribution is -2.31. The van der Waals surface area contributed by atoms with Crippen molar-refractivity contribution in [1.82, 2.24) is 9.46 Å². The molecule has 0 amide bonds. The number of hydrogen-bond acceptors (Lipinski definition) is 4. The Morgan fingerprint density at radius 2 is 1.77 bits per heavy atom. The summed E-state index contributed by atoms with van der Waals surface area (Å²) >= 11 is 0. The van der Waals surface area contributed by atoms with E-state index in [9.17, 15) is 12.8 Å². The zero-order valence-electron chi connectivity index (χ0n) is 14.3. The molecule has 5 nitrogen and oxygen atoms in total. The van der Waals surface area contributed by atoms with Crippen LogP contribution in [0.25, 0.3) is 11.3 Å². The lowest BCUT2D eigenvalue weighted by atomic mass is 10.1. The van der Waals surface area contributed by atoms with E-state index in [1.807, 2.05) is 6.92 Å². The van der Waals surface area contributed by atoms with E-state index in [1.54, 1.807) is 48.5 Å². The highest BCUT2D eigenvalue weighted by Crippen LogP contribution is 2.23. The van der Waals surface area contributed by atoms with Gasteiger partial charge in [-0.25, -0.2) is 12.8 Å². The van der Waals surface area contributed by atoms with Gasteiger partial charge < -0.3 is 4.52 Å². The second-order valence-electron chi connectivity index (χ2n) is 5.84. The molecule has 0 bridgehead atoms. The van der Waals surface area contributed by atoms with Crippen molar-refractivity contribution in [1.29, 1.82) is 0 Å². The summed E-state index contributed by atoms with van der Waals surface area (Å²) in [6, 6.07) is 15.8. The molecule has 0 saturated heterocycles. The van der Waals surface area contributed by atoms with Crippen molar-refractivity contribution in [3.63, 3.8) is 0 Å². The van der Waals surface area contributed by atoms with Gasteiger partial charge in [-0.2, -0.15) is 4.31 Å². The molecule has 0 atom stereocenters. The molecule has 0 fully saturated rings. The summed E-state index contributed by atoms with van der Waals surface area (Å²) in [5.74, 6) is 0.130. The lowest BCUT2D eigenvalue weighted by molar-refractivity contribution is 0.375. The maximum absolute atomic E-state index is 13.0. The van der Waals surface area contributed by atoms with Gasteiger partial charge in [0.05, 0.1) is 17.1 Å². The molecule has 1 heterocycles. The molecular weight excluding hydrogens is 355 g/mol. The van der Waals surface area contributed by atoms with Gasteiger partial charge in [-0.05, 0) is 42.8 Å². The fourth-order valence-corrected chi connectivity index (χ4v) is 4.12. The molecule has 3 rings (SSSR count). The van der Waals surface area contributed by atoms with Gasteiger partial charge in [-0.15, -0.1) is 0 Å². The minimum absolute atomic E-state index is 0.107. The Bertz CT molecular complexity index is 954. The SMILES string of the molecule is CCCN(Cc1cc(-c2ccc(F)cc2)on1)S(=O)(=O)c1ccccc1. The van der Waals surface area contributed by atoms with Gasteiger partial charge in [0.2, 0.25) is 10.0 Å². The quantitative estimate of drug-likeness (QED) is 0.625. The third-order valence-corrected chi connectivity index (χ3v) is 5.74. The molecular formula is C19H19FN2O3S. The van der Waals surface area contributed by atoms with Crippen LogP contribution in [0.5, 0.6) is 0 Å². The first-order valence-electron chi connectivity index (χ1n) is 8.27. The lowest BCUT2D eigenvalue weighted by Gasteiger charge is -2.20. The van der Waals surface area contributed by atoms with E-state index in [1.165, 1.54) is 16.4 Å². The molecule has 2 aromatic carbocycles. The highest BCUT2D eigenvalue weighted by Gasteiger charge is 2.25. The van der Waals surface area contributed by atoms with Crippen molar-refractivity contribution in [2.24, 2.45) is 0 Å². The monoisotopic (exact) mass is 374 g/mol. The van der Waals surface area contributed by atoms with Crippen molar-refractivity contribution < 1.29 is 17.3 Å². The Morgan fingerprint density at radius 1 is 1.08 bits per heavy atom. The Balaban J connectivity index is 1.84. The molecule has 0 aliphatic carbocycles. The number of hydrogen-bond donors (Lipinski definition) is 0. The third-order valence-electron chi connectivity index (χ3n) is 3.88. The Hall–Kier alpha value is -2.51. The van der Waals surface area contributed by atoms with E-state index in [0.29, 0.717) is 30.0 Å². The van der Waals surface area contributed by atoms with Crippen LogP contribution in [-0.4, -0.2) is 24.4 Å². The van der Waals surface area contributed by atoms with Gasteiger partial charge in [0.15, 0.2) is 5.76 Å². The molecule has 7 heteroatoms. The molecule has 0 spiro atoms. The number of nitrogens with zero attached hydrogens (tertiary/aromatic N) is 2. The van der Waals surface area contributed by atoms with Crippen LogP contribution in [0, 0.1) is 5.82 Å². The van der Waals surface area contributed by atoms with E-state index in [2.05, 4.69) is 5.16 Å². The predicted octanol–water partition coefficient (Wildman–Crippen LogP) is 4.08. The van der Waals surface area contributed by atoms with Crippen molar-refractivity contribution in [3.05, 3.63) is 72.2 Å². The first-order chi connectivity index (χ1) is 12.5. The first kappa shape index (κ1) is 18.3. The average Bonchev–Trinajstić information content (AvgIpc) is 3.11. The van der Waals surface area contributed by atoms with Crippen molar-refractivity contribution in [2.75, 3.05) is 6.54 Å². The van der Waals surface area contributed by atoms with Gasteiger partial charge in [0.25, 0.3) is 0 Å². The fraction of sp³-hybridized carbons (Fsp3) is 0.211. The zero-order valence-corrected chi connectivity index (χ0v) is 15.1. The molecule has 0 unspecified atom stereocenters. The molecule has 136 valence electrons. The number of sulfonamides is 1. The Labute approximate surface area is 152 Å². The zero-order chi connectivity index (χ0) is 18.6. The molecule has 0 aliphatic rings. The number of benzene rings is 2. The van der Waals surface area contributed by atoms with Gasteiger partial charge in [-0.3, -0.25) is 0 Å². The van der Waals surface area contributed by atoms with Gasteiger partial charge in [-0.1, -0.05) is 30.3 Å². The molecule has 3 aromatic rings. The van der Waals surface area contributed by atoms with E-state index in [-0.39, 0.29) is 17.3 Å². The molecule has 0 aliphatic heterocycles. The maximum atomic E-state index is 13.0. The van der Waals surface area contributed by atoms with Crippen LogP contribution >= 0.6 is 0 Å². The minimum Gasteiger partial charge on any atom is -0.356 e. The number of aromatic nitrogens is 1. The van der Waals surface area contributed by atoms with Crippen LogP contribution in [0.15, 0.2) is 70.1 Å². The first-order valence-corrected chi connectivity index (χ1v) is 9.71. The van der Waals surface area contributed by atoms with Crippen LogP contribution in [0.2, 0.25) is 0 Å². The van der Waals surface area contributed by atoms with E-state index < -0.39 is 10.0 Å². The highest BCUT2D eigenvalue weighted by molar-refractivity contribution is 7.89. The predicted molar refractivity (Wildman–Crippen MR) is 96.2 cm³/mol. The number of halogens is 1. The summed E-state index contributed by atoms with van der Waals surface area (Å²) in [5, 5.41) is 3.97. The second-order valence-corrected chi connectivity index (χ2v) is 7.78. The van der Waals surface area contributed by atoms with E-state index in [0.717, 1.165) is 0 Å². The van der Waals surface area contributed by atoms with Gasteiger partial charge >= 0.3 is 0 Å². The van der Waals surface area contributed by atoms with Crippen LogP contribution in [0.4, 0.5) is 4.39 Å². The van der Waals surface area contributed by atoms with Crippen LogP contribution in [0.3, 0.4) is 0 Å². The summed E-state index contributed by atoms with van der Waals surface area (Å²) in [6.45, 7) is 2.39. The molecule has 0 N–H and O–H groups in total. The smallest absolute Gasteiger partial charge is 0.243 e. The van der Waals surface area contributed by atoms with Crippen LogP contribution in [0.1, 0.15) is 19.0 Å². The van der Waals surface area contributed by atoms with Crippen molar-refractivity contribution >= 4 is 10.0 Å². The highest BCUT2D eigenvalue weighted by atomic mass is 32.2. The van der Waals surface area contributed by atoms with Crippen molar-refractivity contribution in [3.8, 4) is 11.3 Å². The Kier molecular flexibility index (Phi) is 5.49. The summed E-state index contributed by atoms with van der Waals surface area (Å²) in [5.41, 5.74) is 1.18. The maximum Gasteiger partial charge on any atom is 0.243 e. The normalized spacial score (nSPS) is 11.8. The van der Waals surface area contributed by atoms with Crippen molar-refractivity contribution in [2.45, 2.75) is 24.8 Å². The largest absolute Gasteiger partial charge is 0.356 e. The Morgan fingerprint density at radius 3 is 2.42 bits per heavy atom. The summed E-state index contributed by atoms with van der Waals surface area (Å²) < 4.78 is 45.4. The molecule has 1 aromatic heterocycles.